The summed E-state index contributed by atoms with van der Waals surface area (Å²) in [5.74, 6) is -1.17. The molecule has 0 aliphatic heterocycles. The van der Waals surface area contributed by atoms with Gasteiger partial charge in [0.05, 0.1) is 15.0 Å². The highest BCUT2D eigenvalue weighted by molar-refractivity contribution is 9.10. The second-order valence-corrected chi connectivity index (χ2v) is 6.09. The number of esters is 1. The number of rotatable bonds is 6. The molecule has 0 bridgehead atoms. The van der Waals surface area contributed by atoms with Gasteiger partial charge in [0.15, 0.2) is 6.61 Å². The van der Waals surface area contributed by atoms with Crippen molar-refractivity contribution in [1.29, 1.82) is 0 Å². The van der Waals surface area contributed by atoms with Gasteiger partial charge in [-0.05, 0) is 33.6 Å². The SMILES string of the molecule is CN(Cc1ccccc1)C(=O)COC(=O)c1ccc(Br)c([N+](=O)[O-])c1. The molecule has 130 valence electrons. The number of nitrogens with zero attached hydrogens (tertiary/aromatic N) is 2. The first-order valence-corrected chi connectivity index (χ1v) is 8.06. The predicted molar refractivity (Wildman–Crippen MR) is 94.0 cm³/mol. The molecule has 0 aliphatic carbocycles. The van der Waals surface area contributed by atoms with Crippen LogP contribution in [-0.2, 0) is 16.1 Å². The van der Waals surface area contributed by atoms with Crippen LogP contribution in [0.3, 0.4) is 0 Å². The van der Waals surface area contributed by atoms with Gasteiger partial charge in [-0.3, -0.25) is 14.9 Å². The Morgan fingerprint density at radius 2 is 1.88 bits per heavy atom. The molecule has 0 fully saturated rings. The molecule has 2 aromatic carbocycles. The van der Waals surface area contributed by atoms with Crippen molar-refractivity contribution in [1.82, 2.24) is 4.90 Å². The van der Waals surface area contributed by atoms with Crippen LogP contribution in [0, 0.1) is 10.1 Å². The number of likely N-dealkylation sites (N-methyl/N-ethyl adjacent to an activating group) is 1. The van der Waals surface area contributed by atoms with E-state index >= 15 is 0 Å². The first kappa shape index (κ1) is 18.6. The molecule has 2 rings (SSSR count). The molecule has 0 saturated heterocycles. The molecule has 2 aromatic rings. The zero-order valence-electron chi connectivity index (χ0n) is 13.3. The van der Waals surface area contributed by atoms with Crippen LogP contribution in [0.15, 0.2) is 53.0 Å². The van der Waals surface area contributed by atoms with Gasteiger partial charge in [0.1, 0.15) is 0 Å². The number of carbonyl (C=O) groups excluding carboxylic acids is 2. The molecule has 8 heteroatoms. The molecule has 0 radical (unpaired) electrons. The van der Waals surface area contributed by atoms with Gasteiger partial charge in [-0.25, -0.2) is 4.79 Å². The topological polar surface area (TPSA) is 89.8 Å². The smallest absolute Gasteiger partial charge is 0.338 e. The second kappa shape index (κ2) is 8.39. The van der Waals surface area contributed by atoms with Crippen molar-refractivity contribution in [2.75, 3.05) is 13.7 Å². The Kier molecular flexibility index (Phi) is 6.24. The zero-order chi connectivity index (χ0) is 18.4. The van der Waals surface area contributed by atoms with E-state index in [4.69, 9.17) is 4.74 Å². The van der Waals surface area contributed by atoms with Crippen LogP contribution in [0.25, 0.3) is 0 Å². The highest BCUT2D eigenvalue weighted by Crippen LogP contribution is 2.25. The number of benzene rings is 2. The van der Waals surface area contributed by atoms with Crippen molar-refractivity contribution in [2.24, 2.45) is 0 Å². The highest BCUT2D eigenvalue weighted by Gasteiger charge is 2.18. The molecule has 1 amide bonds. The number of hydrogen-bond acceptors (Lipinski definition) is 5. The Morgan fingerprint density at radius 3 is 2.52 bits per heavy atom. The highest BCUT2D eigenvalue weighted by atomic mass is 79.9. The summed E-state index contributed by atoms with van der Waals surface area (Å²) in [6.07, 6.45) is 0. The Morgan fingerprint density at radius 1 is 1.20 bits per heavy atom. The van der Waals surface area contributed by atoms with Crippen LogP contribution in [0.2, 0.25) is 0 Å². The van der Waals surface area contributed by atoms with E-state index in [9.17, 15) is 19.7 Å². The minimum Gasteiger partial charge on any atom is -0.452 e. The number of amides is 1. The van der Waals surface area contributed by atoms with Gasteiger partial charge in [0, 0.05) is 19.7 Å². The summed E-state index contributed by atoms with van der Waals surface area (Å²) >= 11 is 3.04. The van der Waals surface area contributed by atoms with Crippen molar-refractivity contribution in [3.63, 3.8) is 0 Å². The average Bonchev–Trinajstić information content (AvgIpc) is 2.60. The van der Waals surface area contributed by atoms with E-state index in [1.165, 1.54) is 17.0 Å². The van der Waals surface area contributed by atoms with Crippen LogP contribution in [0.4, 0.5) is 5.69 Å². The van der Waals surface area contributed by atoms with E-state index in [0.717, 1.165) is 11.6 Å². The Labute approximate surface area is 152 Å². The van der Waals surface area contributed by atoms with Gasteiger partial charge < -0.3 is 9.64 Å². The van der Waals surface area contributed by atoms with Gasteiger partial charge in [-0.15, -0.1) is 0 Å². The van der Waals surface area contributed by atoms with Crippen LogP contribution in [-0.4, -0.2) is 35.4 Å². The van der Waals surface area contributed by atoms with Crippen molar-refractivity contribution in [3.05, 3.63) is 74.2 Å². The lowest BCUT2D eigenvalue weighted by atomic mass is 10.2. The lowest BCUT2D eigenvalue weighted by Gasteiger charge is -2.17. The normalized spacial score (nSPS) is 10.2. The van der Waals surface area contributed by atoms with Gasteiger partial charge in [-0.2, -0.15) is 0 Å². The third-order valence-corrected chi connectivity index (χ3v) is 4.06. The molecule has 0 unspecified atom stereocenters. The van der Waals surface area contributed by atoms with E-state index in [2.05, 4.69) is 15.9 Å². The van der Waals surface area contributed by atoms with E-state index in [1.54, 1.807) is 7.05 Å². The van der Waals surface area contributed by atoms with E-state index < -0.39 is 17.5 Å². The second-order valence-electron chi connectivity index (χ2n) is 5.23. The fourth-order valence-electron chi connectivity index (χ4n) is 2.05. The number of ether oxygens (including phenoxy) is 1. The third kappa shape index (κ3) is 5.12. The van der Waals surface area contributed by atoms with E-state index in [1.807, 2.05) is 30.3 Å². The van der Waals surface area contributed by atoms with Crippen molar-refractivity contribution >= 4 is 33.5 Å². The molecule has 0 atom stereocenters. The quantitative estimate of drug-likeness (QED) is 0.417. The van der Waals surface area contributed by atoms with Crippen molar-refractivity contribution in [2.45, 2.75) is 6.54 Å². The number of hydrogen-bond donors (Lipinski definition) is 0. The standard InChI is InChI=1S/C17H15BrN2O5/c1-19(10-12-5-3-2-4-6-12)16(21)11-25-17(22)13-7-8-14(18)15(9-13)20(23)24/h2-9H,10-11H2,1H3. The maximum atomic E-state index is 12.0. The molecule has 0 spiro atoms. The number of nitro benzene ring substituents is 1. The number of nitro groups is 1. The fraction of sp³-hybridized carbons (Fsp3) is 0.176. The van der Waals surface area contributed by atoms with Crippen LogP contribution in [0.5, 0.6) is 0 Å². The summed E-state index contributed by atoms with van der Waals surface area (Å²) in [6.45, 7) is -0.0486. The summed E-state index contributed by atoms with van der Waals surface area (Å²) in [5.41, 5.74) is 0.712. The minimum absolute atomic E-state index is 0.00779. The van der Waals surface area contributed by atoms with Crippen LogP contribution in [0.1, 0.15) is 15.9 Å². The van der Waals surface area contributed by atoms with Gasteiger partial charge in [0.2, 0.25) is 0 Å². The molecule has 0 saturated carbocycles. The number of halogens is 1. The number of carbonyl (C=O) groups is 2. The largest absolute Gasteiger partial charge is 0.452 e. The lowest BCUT2D eigenvalue weighted by Crippen LogP contribution is -2.30. The zero-order valence-corrected chi connectivity index (χ0v) is 14.9. The molecule has 0 aromatic heterocycles. The molecule has 0 heterocycles. The van der Waals surface area contributed by atoms with Crippen LogP contribution >= 0.6 is 15.9 Å². The van der Waals surface area contributed by atoms with Crippen molar-refractivity contribution in [3.8, 4) is 0 Å². The Bertz CT molecular complexity index is 795. The molecular formula is C17H15BrN2O5. The molecule has 0 aliphatic rings. The summed E-state index contributed by atoms with van der Waals surface area (Å²) in [7, 11) is 1.60. The first-order chi connectivity index (χ1) is 11.9. The minimum atomic E-state index is -0.794. The third-order valence-electron chi connectivity index (χ3n) is 3.39. The summed E-state index contributed by atoms with van der Waals surface area (Å²) in [6, 6.07) is 13.3. The van der Waals surface area contributed by atoms with Crippen LogP contribution < -0.4 is 0 Å². The average molecular weight is 407 g/mol. The van der Waals surface area contributed by atoms with Gasteiger partial charge >= 0.3 is 5.97 Å². The lowest BCUT2D eigenvalue weighted by molar-refractivity contribution is -0.385. The first-order valence-electron chi connectivity index (χ1n) is 7.27. The van der Waals surface area contributed by atoms with Gasteiger partial charge in [0.25, 0.3) is 11.6 Å². The summed E-state index contributed by atoms with van der Waals surface area (Å²) in [4.78, 5) is 35.7. The molecule has 7 nitrogen and oxygen atoms in total. The Hall–Kier alpha value is -2.74. The summed E-state index contributed by atoms with van der Waals surface area (Å²) in [5, 5.41) is 10.9. The Balaban J connectivity index is 1.94. The maximum absolute atomic E-state index is 12.0. The van der Waals surface area contributed by atoms with Crippen molar-refractivity contribution < 1.29 is 19.2 Å². The molecule has 0 N–H and O–H groups in total. The van der Waals surface area contributed by atoms with E-state index in [0.29, 0.717) is 6.54 Å². The predicted octanol–water partition coefficient (Wildman–Crippen LogP) is 3.17. The molecule has 25 heavy (non-hydrogen) atoms. The molecular weight excluding hydrogens is 392 g/mol. The monoisotopic (exact) mass is 406 g/mol. The van der Waals surface area contributed by atoms with Gasteiger partial charge in [-0.1, -0.05) is 30.3 Å². The van der Waals surface area contributed by atoms with E-state index in [-0.39, 0.29) is 21.6 Å². The summed E-state index contributed by atoms with van der Waals surface area (Å²) < 4.78 is 5.21. The fourth-order valence-corrected chi connectivity index (χ4v) is 2.44. The maximum Gasteiger partial charge on any atom is 0.338 e.